The Morgan fingerprint density at radius 3 is 2.46 bits per heavy atom. The van der Waals surface area contributed by atoms with E-state index in [9.17, 15) is 14.4 Å². The number of anilines is 2. The minimum atomic E-state index is -0.161. The summed E-state index contributed by atoms with van der Waals surface area (Å²) >= 11 is 6.04. The molecule has 7 nitrogen and oxygen atoms in total. The lowest BCUT2D eigenvalue weighted by molar-refractivity contribution is -0.120. The van der Waals surface area contributed by atoms with Crippen LogP contribution in [0, 0.1) is 5.92 Å². The van der Waals surface area contributed by atoms with Crippen molar-refractivity contribution in [2.24, 2.45) is 5.92 Å². The number of amides is 3. The van der Waals surface area contributed by atoms with Crippen LogP contribution < -0.4 is 15.5 Å². The molecule has 0 bridgehead atoms. The summed E-state index contributed by atoms with van der Waals surface area (Å²) in [5.74, 6) is -0.124. The summed E-state index contributed by atoms with van der Waals surface area (Å²) in [5, 5.41) is 8.55. The third-order valence-corrected chi connectivity index (χ3v) is 7.57. The van der Waals surface area contributed by atoms with E-state index in [1.54, 1.807) is 17.0 Å². The first-order chi connectivity index (χ1) is 17.9. The summed E-state index contributed by atoms with van der Waals surface area (Å²) in [6.07, 6.45) is 2.66. The molecule has 0 aromatic heterocycles. The van der Waals surface area contributed by atoms with Crippen LogP contribution in [0.25, 0.3) is 10.8 Å². The molecule has 2 heterocycles. The molecule has 3 aromatic rings. The molecule has 192 valence electrons. The van der Waals surface area contributed by atoms with Crippen LogP contribution in [0.3, 0.4) is 0 Å². The Bertz CT molecular complexity index is 1320. The van der Waals surface area contributed by atoms with Crippen LogP contribution in [-0.2, 0) is 9.59 Å². The minimum Gasteiger partial charge on any atom is -0.352 e. The van der Waals surface area contributed by atoms with E-state index in [1.165, 1.54) is 0 Å². The summed E-state index contributed by atoms with van der Waals surface area (Å²) in [5.41, 5.74) is 2.08. The van der Waals surface area contributed by atoms with E-state index in [2.05, 4.69) is 15.5 Å². The van der Waals surface area contributed by atoms with Gasteiger partial charge in [0.1, 0.15) is 0 Å². The summed E-state index contributed by atoms with van der Waals surface area (Å²) in [7, 11) is 0. The van der Waals surface area contributed by atoms with Crippen molar-refractivity contribution >= 4 is 51.5 Å². The van der Waals surface area contributed by atoms with Crippen molar-refractivity contribution < 1.29 is 14.4 Å². The molecule has 37 heavy (non-hydrogen) atoms. The van der Waals surface area contributed by atoms with E-state index in [-0.39, 0.29) is 29.7 Å². The van der Waals surface area contributed by atoms with Crippen molar-refractivity contribution in [3.8, 4) is 0 Å². The first kappa shape index (κ1) is 25.2. The smallest absolute Gasteiger partial charge is 0.251 e. The van der Waals surface area contributed by atoms with Crippen LogP contribution in [-0.4, -0.2) is 54.8 Å². The highest BCUT2D eigenvalue weighted by Gasteiger charge is 2.31. The third kappa shape index (κ3) is 5.78. The van der Waals surface area contributed by atoms with Gasteiger partial charge in [0.05, 0.1) is 6.04 Å². The predicted octanol–water partition coefficient (Wildman–Crippen LogP) is 4.70. The second-order valence-corrected chi connectivity index (χ2v) is 10.4. The molecule has 8 heteroatoms. The fraction of sp³-hybridized carbons (Fsp3) is 0.345. The van der Waals surface area contributed by atoms with Gasteiger partial charge in [0.2, 0.25) is 11.8 Å². The number of halogens is 1. The Morgan fingerprint density at radius 1 is 1.00 bits per heavy atom. The van der Waals surface area contributed by atoms with E-state index in [4.69, 9.17) is 11.6 Å². The molecule has 2 atom stereocenters. The standard InChI is InChI=1S/C29H31ClN4O3/c1-19(33-12-2-3-13-33)28(36)32-25-8-10-26(11-9-25)34-18-20(14-27(34)35)17-31-29(37)23-5-4-22-16-24(30)7-6-21(22)15-23/h4-11,15-16,19-20H,2-3,12-14,17-18H2,1H3,(H,31,37)(H,32,36). The van der Waals surface area contributed by atoms with Gasteiger partial charge in [-0.1, -0.05) is 23.7 Å². The Morgan fingerprint density at radius 2 is 1.70 bits per heavy atom. The van der Waals surface area contributed by atoms with Gasteiger partial charge in [0, 0.05) is 47.4 Å². The SMILES string of the molecule is CC(C(=O)Nc1ccc(N2CC(CNC(=O)c3ccc4cc(Cl)ccc4c3)CC2=O)cc1)N1CCCC1. The number of rotatable bonds is 7. The van der Waals surface area contributed by atoms with Crippen LogP contribution in [0.1, 0.15) is 36.5 Å². The van der Waals surface area contributed by atoms with Crippen molar-refractivity contribution in [2.45, 2.75) is 32.2 Å². The lowest BCUT2D eigenvalue weighted by Gasteiger charge is -2.23. The Balaban J connectivity index is 1.14. The Labute approximate surface area is 221 Å². The first-order valence-electron chi connectivity index (χ1n) is 12.8. The van der Waals surface area contributed by atoms with Crippen LogP contribution in [0.5, 0.6) is 0 Å². The highest BCUT2D eigenvalue weighted by Crippen LogP contribution is 2.27. The summed E-state index contributed by atoms with van der Waals surface area (Å²) in [6, 6.07) is 18.3. The number of carbonyl (C=O) groups excluding carboxylic acids is 3. The van der Waals surface area contributed by atoms with Crippen molar-refractivity contribution in [3.05, 3.63) is 71.2 Å². The lowest BCUT2D eigenvalue weighted by Crippen LogP contribution is -2.40. The quantitative estimate of drug-likeness (QED) is 0.475. The second kappa shape index (κ2) is 10.9. The van der Waals surface area contributed by atoms with Gasteiger partial charge in [-0.3, -0.25) is 19.3 Å². The minimum absolute atomic E-state index is 0.0158. The maximum Gasteiger partial charge on any atom is 0.251 e. The average molecular weight is 519 g/mol. The topological polar surface area (TPSA) is 81.8 Å². The fourth-order valence-electron chi connectivity index (χ4n) is 5.13. The third-order valence-electron chi connectivity index (χ3n) is 7.34. The molecule has 3 amide bonds. The summed E-state index contributed by atoms with van der Waals surface area (Å²) < 4.78 is 0. The van der Waals surface area contributed by atoms with Crippen molar-refractivity contribution in [3.63, 3.8) is 0 Å². The molecule has 2 aliphatic rings. The van der Waals surface area contributed by atoms with Crippen LogP contribution in [0.15, 0.2) is 60.7 Å². The van der Waals surface area contributed by atoms with E-state index >= 15 is 0 Å². The number of nitrogens with one attached hydrogen (secondary N) is 2. The predicted molar refractivity (Wildman–Crippen MR) is 147 cm³/mol. The average Bonchev–Trinajstić information content (AvgIpc) is 3.57. The molecule has 0 spiro atoms. The monoisotopic (exact) mass is 518 g/mol. The molecule has 2 saturated heterocycles. The van der Waals surface area contributed by atoms with Crippen LogP contribution in [0.2, 0.25) is 5.02 Å². The maximum atomic E-state index is 12.7. The van der Waals surface area contributed by atoms with Gasteiger partial charge in [-0.25, -0.2) is 0 Å². The Kier molecular flexibility index (Phi) is 7.44. The number of nitrogens with zero attached hydrogens (tertiary/aromatic N) is 2. The van der Waals surface area contributed by atoms with Gasteiger partial charge in [-0.15, -0.1) is 0 Å². The van der Waals surface area contributed by atoms with E-state index < -0.39 is 0 Å². The first-order valence-corrected chi connectivity index (χ1v) is 13.2. The summed E-state index contributed by atoms with van der Waals surface area (Å²) in [6.45, 7) is 4.82. The molecular weight excluding hydrogens is 488 g/mol. The number of hydrogen-bond donors (Lipinski definition) is 2. The molecule has 2 aliphatic heterocycles. The van der Waals surface area contributed by atoms with Gasteiger partial charge in [-0.2, -0.15) is 0 Å². The molecule has 0 radical (unpaired) electrons. The van der Waals surface area contributed by atoms with E-state index in [0.29, 0.717) is 35.8 Å². The zero-order valence-electron chi connectivity index (χ0n) is 20.9. The molecular formula is C29H31ClN4O3. The zero-order valence-corrected chi connectivity index (χ0v) is 21.6. The molecule has 2 unspecified atom stereocenters. The van der Waals surface area contributed by atoms with Crippen molar-refractivity contribution in [1.29, 1.82) is 0 Å². The molecule has 2 N–H and O–H groups in total. The highest BCUT2D eigenvalue weighted by molar-refractivity contribution is 6.31. The van der Waals surface area contributed by atoms with Crippen molar-refractivity contribution in [1.82, 2.24) is 10.2 Å². The highest BCUT2D eigenvalue weighted by atomic mass is 35.5. The van der Waals surface area contributed by atoms with Gasteiger partial charge in [0.25, 0.3) is 5.91 Å². The van der Waals surface area contributed by atoms with Crippen molar-refractivity contribution in [2.75, 3.05) is 36.4 Å². The zero-order chi connectivity index (χ0) is 25.9. The van der Waals surface area contributed by atoms with Gasteiger partial charge >= 0.3 is 0 Å². The fourth-order valence-corrected chi connectivity index (χ4v) is 5.31. The lowest BCUT2D eigenvalue weighted by atomic mass is 10.1. The number of fused-ring (bicyclic) bond motifs is 1. The largest absolute Gasteiger partial charge is 0.352 e. The summed E-state index contributed by atoms with van der Waals surface area (Å²) in [4.78, 5) is 42.0. The molecule has 5 rings (SSSR count). The van der Waals surface area contributed by atoms with E-state index in [1.807, 2.05) is 55.5 Å². The van der Waals surface area contributed by atoms with E-state index in [0.717, 1.165) is 42.4 Å². The Hall–Kier alpha value is -3.42. The molecule has 2 fully saturated rings. The number of carbonyl (C=O) groups is 3. The molecule has 0 saturated carbocycles. The number of benzene rings is 3. The maximum absolute atomic E-state index is 12.7. The van der Waals surface area contributed by atoms with Gasteiger partial charge < -0.3 is 15.5 Å². The number of hydrogen-bond acceptors (Lipinski definition) is 4. The van der Waals surface area contributed by atoms with Gasteiger partial charge in [0.15, 0.2) is 0 Å². The molecule has 0 aliphatic carbocycles. The molecule has 3 aromatic carbocycles. The number of likely N-dealkylation sites (tertiary alicyclic amines) is 1. The van der Waals surface area contributed by atoms with Crippen LogP contribution >= 0.6 is 11.6 Å². The van der Waals surface area contributed by atoms with Crippen LogP contribution in [0.4, 0.5) is 11.4 Å². The second-order valence-electron chi connectivity index (χ2n) is 9.95. The van der Waals surface area contributed by atoms with Gasteiger partial charge in [-0.05, 0) is 92.2 Å². The normalized spacial score (nSPS) is 18.8.